The maximum Gasteiger partial charge on any atom is 0.252 e. The molecule has 2 heterocycles. The fourth-order valence-corrected chi connectivity index (χ4v) is 6.15. The lowest BCUT2D eigenvalue weighted by atomic mass is 9.87. The Labute approximate surface area is 256 Å². The van der Waals surface area contributed by atoms with Gasteiger partial charge >= 0.3 is 0 Å². The Balaban J connectivity index is 1.47. The number of hydrogen-bond donors (Lipinski definition) is 1. The van der Waals surface area contributed by atoms with Gasteiger partial charge in [-0.1, -0.05) is 29.8 Å². The van der Waals surface area contributed by atoms with Crippen molar-refractivity contribution >= 4 is 40.8 Å². The second-order valence-electron chi connectivity index (χ2n) is 11.5. The van der Waals surface area contributed by atoms with E-state index in [0.717, 1.165) is 23.8 Å². The van der Waals surface area contributed by atoms with Crippen LogP contribution in [0.15, 0.2) is 60.8 Å². The van der Waals surface area contributed by atoms with E-state index in [2.05, 4.69) is 10.3 Å². The van der Waals surface area contributed by atoms with E-state index in [1.54, 1.807) is 24.3 Å². The van der Waals surface area contributed by atoms with Gasteiger partial charge in [-0.15, -0.1) is 0 Å². The molecule has 3 fully saturated rings. The number of pyridine rings is 1. The molecule has 6 rings (SSSR count). The van der Waals surface area contributed by atoms with Gasteiger partial charge in [-0.2, -0.15) is 5.26 Å². The number of hydrogen-bond acceptors (Lipinski definition) is 5. The van der Waals surface area contributed by atoms with Crippen molar-refractivity contribution in [1.29, 1.82) is 5.26 Å². The first kappa shape index (κ1) is 29.6. The van der Waals surface area contributed by atoms with E-state index in [4.69, 9.17) is 11.6 Å². The molecule has 0 spiro atoms. The van der Waals surface area contributed by atoms with Crippen LogP contribution in [-0.4, -0.2) is 40.7 Å². The Kier molecular flexibility index (Phi) is 7.80. The summed E-state index contributed by atoms with van der Waals surface area (Å²) in [5.41, 5.74) is 1.14. The van der Waals surface area contributed by atoms with Crippen molar-refractivity contribution < 1.29 is 27.6 Å². The lowest BCUT2D eigenvalue weighted by Gasteiger charge is -2.39. The fourth-order valence-electron chi connectivity index (χ4n) is 5.91. The monoisotopic (exact) mass is 621 g/mol. The number of halogens is 4. The number of anilines is 2. The number of nitriles is 1. The number of benzene rings is 2. The van der Waals surface area contributed by atoms with Gasteiger partial charge in [0.05, 0.1) is 11.6 Å². The molecular weight excluding hydrogens is 595 g/mol. The fraction of sp³-hybridized carbons (Fsp3) is 0.344. The lowest BCUT2D eigenvalue weighted by Crippen LogP contribution is -2.56. The third-order valence-electron chi connectivity index (χ3n) is 8.23. The summed E-state index contributed by atoms with van der Waals surface area (Å²) < 4.78 is 42.6. The number of carbonyl (C=O) groups excluding carboxylic acids is 3. The van der Waals surface area contributed by atoms with Gasteiger partial charge in [-0.25, -0.2) is 18.2 Å². The minimum atomic E-state index is -2.91. The molecule has 2 saturated carbocycles. The van der Waals surface area contributed by atoms with Crippen LogP contribution < -0.4 is 15.1 Å². The predicted molar refractivity (Wildman–Crippen MR) is 156 cm³/mol. The summed E-state index contributed by atoms with van der Waals surface area (Å²) in [4.78, 5) is 48.4. The average Bonchev–Trinajstić information content (AvgIpc) is 3.76. The summed E-state index contributed by atoms with van der Waals surface area (Å²) in [6.45, 7) is 0. The molecule has 0 bridgehead atoms. The van der Waals surface area contributed by atoms with Gasteiger partial charge < -0.3 is 5.32 Å². The van der Waals surface area contributed by atoms with Crippen LogP contribution in [0, 0.1) is 17.1 Å². The molecule has 2 aromatic carbocycles. The van der Waals surface area contributed by atoms with Gasteiger partial charge in [-0.3, -0.25) is 24.2 Å². The number of alkyl halides is 2. The van der Waals surface area contributed by atoms with E-state index >= 15 is 4.39 Å². The summed E-state index contributed by atoms with van der Waals surface area (Å²) >= 11 is 6.58. The van der Waals surface area contributed by atoms with Gasteiger partial charge in [0.25, 0.3) is 11.8 Å². The molecule has 2 atom stereocenters. The molecule has 1 saturated heterocycles. The first-order chi connectivity index (χ1) is 21.0. The van der Waals surface area contributed by atoms with Gasteiger partial charge in [0, 0.05) is 47.8 Å². The molecule has 1 unspecified atom stereocenters. The first-order valence-corrected chi connectivity index (χ1v) is 14.7. The highest BCUT2D eigenvalue weighted by Crippen LogP contribution is 2.44. The number of rotatable bonds is 8. The zero-order valence-corrected chi connectivity index (χ0v) is 24.1. The number of nitrogens with one attached hydrogen (secondary N) is 1. The zero-order chi connectivity index (χ0) is 31.2. The van der Waals surface area contributed by atoms with E-state index in [1.807, 2.05) is 6.07 Å². The first-order valence-electron chi connectivity index (χ1n) is 14.3. The second-order valence-corrected chi connectivity index (χ2v) is 11.9. The highest BCUT2D eigenvalue weighted by molar-refractivity contribution is 6.31. The van der Waals surface area contributed by atoms with Crippen LogP contribution in [0.3, 0.4) is 0 Å². The van der Waals surface area contributed by atoms with Gasteiger partial charge in [0.2, 0.25) is 11.8 Å². The van der Waals surface area contributed by atoms with Gasteiger partial charge in [0.1, 0.15) is 23.7 Å². The summed E-state index contributed by atoms with van der Waals surface area (Å²) in [6, 6.07) is 11.8. The molecule has 1 aliphatic heterocycles. The number of carbonyl (C=O) groups is 3. The van der Waals surface area contributed by atoms with Crippen LogP contribution in [0.1, 0.15) is 67.2 Å². The Morgan fingerprint density at radius 2 is 1.86 bits per heavy atom. The molecule has 3 amide bonds. The Bertz CT molecular complexity index is 1680. The van der Waals surface area contributed by atoms with Crippen molar-refractivity contribution in [2.75, 3.05) is 9.80 Å². The van der Waals surface area contributed by atoms with Crippen LogP contribution in [0.25, 0.3) is 0 Å². The Hall–Kier alpha value is -4.43. The standard InChI is InChI=1S/C32H27ClF3N5O3/c33-25-4-2-1-3-24(25)29(30(43)39-22-15-32(35,36)16-22)40(23-13-20(19-5-6-19)12-21(34)14-23)31(44)26-7-8-28(42)41(26)27-11-18(17-37)9-10-38-27/h1-4,9-14,19,22,26,29H,5-8,15-16H2,(H,39,43)/t26-,29?/m0/s1. The normalized spacial score (nSPS) is 20.0. The molecule has 1 N–H and O–H groups in total. The Morgan fingerprint density at radius 3 is 2.55 bits per heavy atom. The molecule has 12 heteroatoms. The molecule has 226 valence electrons. The number of aromatic nitrogens is 1. The third kappa shape index (κ3) is 5.86. The van der Waals surface area contributed by atoms with Crippen molar-refractivity contribution in [3.8, 4) is 6.07 Å². The zero-order valence-electron chi connectivity index (χ0n) is 23.4. The van der Waals surface area contributed by atoms with E-state index in [9.17, 15) is 28.4 Å². The maximum absolute atomic E-state index is 15.2. The highest BCUT2D eigenvalue weighted by Gasteiger charge is 2.49. The van der Waals surface area contributed by atoms with E-state index < -0.39 is 60.4 Å². The van der Waals surface area contributed by atoms with Crippen molar-refractivity contribution in [2.24, 2.45) is 0 Å². The van der Waals surface area contributed by atoms with Gasteiger partial charge in [0.15, 0.2) is 0 Å². The summed E-state index contributed by atoms with van der Waals surface area (Å²) in [6.07, 6.45) is 1.96. The number of amides is 3. The van der Waals surface area contributed by atoms with Gasteiger partial charge in [-0.05, 0) is 67.1 Å². The van der Waals surface area contributed by atoms with Crippen LogP contribution in [0.5, 0.6) is 0 Å². The summed E-state index contributed by atoms with van der Waals surface area (Å²) in [5, 5.41) is 12.2. The van der Waals surface area contributed by atoms with E-state index in [0.29, 0.717) is 5.56 Å². The predicted octanol–water partition coefficient (Wildman–Crippen LogP) is 5.81. The topological polar surface area (TPSA) is 106 Å². The molecule has 3 aliphatic rings. The molecule has 8 nitrogen and oxygen atoms in total. The third-order valence-corrected chi connectivity index (χ3v) is 8.57. The quantitative estimate of drug-likeness (QED) is 0.342. The van der Waals surface area contributed by atoms with Crippen LogP contribution in [0.2, 0.25) is 5.02 Å². The second kappa shape index (κ2) is 11.6. The van der Waals surface area contributed by atoms with Crippen molar-refractivity contribution in [2.45, 2.75) is 68.5 Å². The highest BCUT2D eigenvalue weighted by atomic mass is 35.5. The molecule has 3 aromatic rings. The Morgan fingerprint density at radius 1 is 1.11 bits per heavy atom. The average molecular weight is 622 g/mol. The van der Waals surface area contributed by atoms with Crippen molar-refractivity contribution in [3.63, 3.8) is 0 Å². The largest absolute Gasteiger partial charge is 0.351 e. The number of nitrogens with zero attached hydrogens (tertiary/aromatic N) is 4. The van der Waals surface area contributed by atoms with Crippen LogP contribution >= 0.6 is 11.6 Å². The van der Waals surface area contributed by atoms with Crippen LogP contribution in [-0.2, 0) is 14.4 Å². The smallest absolute Gasteiger partial charge is 0.252 e. The molecular formula is C32H27ClF3N5O3. The maximum atomic E-state index is 15.2. The minimum Gasteiger partial charge on any atom is -0.351 e. The molecule has 44 heavy (non-hydrogen) atoms. The minimum absolute atomic E-state index is 0.0146. The van der Waals surface area contributed by atoms with Crippen LogP contribution in [0.4, 0.5) is 24.7 Å². The SMILES string of the molecule is N#Cc1ccnc(N2C(=O)CC[C@H]2C(=O)N(c2cc(F)cc(C3CC3)c2)C(C(=O)NC2CC(F)(F)C2)c2ccccc2Cl)c1. The van der Waals surface area contributed by atoms with E-state index in [-0.39, 0.29) is 46.4 Å². The molecule has 0 radical (unpaired) electrons. The molecule has 1 aromatic heterocycles. The lowest BCUT2D eigenvalue weighted by molar-refractivity contribution is -0.133. The van der Waals surface area contributed by atoms with Crippen molar-refractivity contribution in [1.82, 2.24) is 10.3 Å². The van der Waals surface area contributed by atoms with Crippen molar-refractivity contribution in [3.05, 3.63) is 88.3 Å². The summed E-state index contributed by atoms with van der Waals surface area (Å²) in [5.74, 6) is -5.27. The summed E-state index contributed by atoms with van der Waals surface area (Å²) in [7, 11) is 0. The molecule has 2 aliphatic carbocycles. The van der Waals surface area contributed by atoms with E-state index in [1.165, 1.54) is 35.4 Å².